The number of nitrogens with zero attached hydrogens (tertiary/aromatic N) is 3. The molecule has 2 heterocycles. The number of anilines is 3. The number of nitrogens with one attached hydrogen (secondary N) is 3. The summed E-state index contributed by atoms with van der Waals surface area (Å²) in [6, 6.07) is 17.2. The van der Waals surface area contributed by atoms with Crippen LogP contribution >= 0.6 is 0 Å². The van der Waals surface area contributed by atoms with Crippen LogP contribution in [0.5, 0.6) is 34.5 Å². The Morgan fingerprint density at radius 2 is 0.951 bits per heavy atom. The van der Waals surface area contributed by atoms with Crippen LogP contribution in [0.2, 0.25) is 0 Å². The summed E-state index contributed by atoms with van der Waals surface area (Å²) in [5, 5.41) is 9.85. The molecule has 0 saturated carbocycles. The minimum Gasteiger partial charge on any atom is -0.493 e. The molecule has 0 atom stereocenters. The van der Waals surface area contributed by atoms with Crippen molar-refractivity contribution in [3.8, 4) is 34.5 Å². The highest BCUT2D eigenvalue weighted by atomic mass is 16.7. The summed E-state index contributed by atoms with van der Waals surface area (Å²) < 4.78 is 32.4. The van der Waals surface area contributed by atoms with E-state index >= 15 is 0 Å². The lowest BCUT2D eigenvalue weighted by Crippen LogP contribution is -2.13. The normalized spacial score (nSPS) is 11.5. The Kier molecular flexibility index (Phi) is 8.58. The van der Waals surface area contributed by atoms with Gasteiger partial charge in [0, 0.05) is 19.6 Å². The first kappa shape index (κ1) is 27.4. The van der Waals surface area contributed by atoms with Crippen LogP contribution in [0.4, 0.5) is 17.8 Å². The van der Waals surface area contributed by atoms with Gasteiger partial charge in [0.2, 0.25) is 24.6 Å². The molecule has 1 aliphatic heterocycles. The van der Waals surface area contributed by atoms with Gasteiger partial charge in [-0.1, -0.05) is 18.2 Å². The highest BCUT2D eigenvalue weighted by molar-refractivity contribution is 5.49. The van der Waals surface area contributed by atoms with Crippen LogP contribution in [0.1, 0.15) is 16.7 Å². The largest absolute Gasteiger partial charge is 0.493 e. The predicted octanol–water partition coefficient (Wildman–Crippen LogP) is 4.47. The van der Waals surface area contributed by atoms with Crippen molar-refractivity contribution in [3.63, 3.8) is 0 Å². The zero-order valence-corrected chi connectivity index (χ0v) is 23.3. The lowest BCUT2D eigenvalue weighted by atomic mass is 10.2. The zero-order valence-electron chi connectivity index (χ0n) is 23.3. The monoisotopic (exact) mass is 560 g/mol. The van der Waals surface area contributed by atoms with Crippen molar-refractivity contribution in [2.45, 2.75) is 19.6 Å². The van der Waals surface area contributed by atoms with Crippen molar-refractivity contribution in [1.29, 1.82) is 0 Å². The van der Waals surface area contributed by atoms with Gasteiger partial charge >= 0.3 is 0 Å². The molecule has 0 radical (unpaired) electrons. The summed E-state index contributed by atoms with van der Waals surface area (Å²) in [6.45, 7) is 1.62. The third-order valence-corrected chi connectivity index (χ3v) is 6.32. The van der Waals surface area contributed by atoms with Gasteiger partial charge in [0.1, 0.15) is 0 Å². The van der Waals surface area contributed by atoms with Crippen molar-refractivity contribution < 1.29 is 28.4 Å². The zero-order chi connectivity index (χ0) is 28.6. The Labute approximate surface area is 238 Å². The first-order valence-corrected chi connectivity index (χ1v) is 12.9. The Morgan fingerprint density at radius 1 is 0.537 bits per heavy atom. The molecule has 41 heavy (non-hydrogen) atoms. The Hall–Kier alpha value is -5.13. The van der Waals surface area contributed by atoms with Gasteiger partial charge in [0.05, 0.1) is 28.4 Å². The summed E-state index contributed by atoms with van der Waals surface area (Å²) in [5.41, 5.74) is 2.94. The van der Waals surface area contributed by atoms with Crippen molar-refractivity contribution in [2.24, 2.45) is 0 Å². The number of rotatable bonds is 13. The molecular weight excluding hydrogens is 528 g/mol. The molecule has 4 aromatic rings. The Bertz CT molecular complexity index is 1420. The molecule has 0 fully saturated rings. The topological polar surface area (TPSA) is 130 Å². The van der Waals surface area contributed by atoms with E-state index < -0.39 is 0 Å². The van der Waals surface area contributed by atoms with Crippen molar-refractivity contribution >= 4 is 17.8 Å². The van der Waals surface area contributed by atoms with E-state index in [-0.39, 0.29) is 6.79 Å². The third-order valence-electron chi connectivity index (χ3n) is 6.32. The molecule has 0 amide bonds. The van der Waals surface area contributed by atoms with Gasteiger partial charge in [-0.15, -0.1) is 0 Å². The molecule has 3 N–H and O–H groups in total. The van der Waals surface area contributed by atoms with E-state index in [1.54, 1.807) is 28.4 Å². The minimum atomic E-state index is 0.226. The number of methoxy groups -OCH3 is 4. The van der Waals surface area contributed by atoms with E-state index in [0.717, 1.165) is 28.2 Å². The van der Waals surface area contributed by atoms with E-state index in [4.69, 9.17) is 28.4 Å². The molecule has 3 aromatic carbocycles. The maximum absolute atomic E-state index is 5.49. The fourth-order valence-corrected chi connectivity index (χ4v) is 4.19. The number of hydrogen-bond donors (Lipinski definition) is 3. The van der Waals surface area contributed by atoms with Gasteiger partial charge in [-0.25, -0.2) is 0 Å². The molecule has 0 saturated heterocycles. The van der Waals surface area contributed by atoms with E-state index in [1.807, 2.05) is 54.6 Å². The van der Waals surface area contributed by atoms with Crippen LogP contribution in [0, 0.1) is 0 Å². The van der Waals surface area contributed by atoms with Crippen LogP contribution < -0.4 is 44.4 Å². The van der Waals surface area contributed by atoms with Gasteiger partial charge in [0.15, 0.2) is 34.5 Å². The molecule has 0 bridgehead atoms. The fraction of sp³-hybridized carbons (Fsp3) is 0.276. The third kappa shape index (κ3) is 6.72. The lowest BCUT2D eigenvalue weighted by Gasteiger charge is -2.13. The number of fused-ring (bicyclic) bond motifs is 1. The quantitative estimate of drug-likeness (QED) is 0.213. The summed E-state index contributed by atoms with van der Waals surface area (Å²) in [4.78, 5) is 13.8. The van der Waals surface area contributed by atoms with Crippen molar-refractivity contribution in [3.05, 3.63) is 71.3 Å². The molecule has 5 rings (SSSR count). The second kappa shape index (κ2) is 12.8. The highest BCUT2D eigenvalue weighted by Gasteiger charge is 2.14. The van der Waals surface area contributed by atoms with Gasteiger partial charge in [-0.3, -0.25) is 0 Å². The summed E-state index contributed by atoms with van der Waals surface area (Å²) in [6.07, 6.45) is 0. The molecule has 0 unspecified atom stereocenters. The van der Waals surface area contributed by atoms with Crippen molar-refractivity contribution in [2.75, 3.05) is 51.2 Å². The molecule has 0 aliphatic carbocycles. The highest BCUT2D eigenvalue weighted by Crippen LogP contribution is 2.33. The summed E-state index contributed by atoms with van der Waals surface area (Å²) >= 11 is 0. The van der Waals surface area contributed by atoms with Crippen LogP contribution in [0.15, 0.2) is 54.6 Å². The summed E-state index contributed by atoms with van der Waals surface area (Å²) in [7, 11) is 6.43. The van der Waals surface area contributed by atoms with Crippen LogP contribution in [-0.2, 0) is 19.6 Å². The molecule has 1 aromatic heterocycles. The van der Waals surface area contributed by atoms with E-state index in [2.05, 4.69) is 30.9 Å². The van der Waals surface area contributed by atoms with Crippen LogP contribution in [-0.4, -0.2) is 50.2 Å². The van der Waals surface area contributed by atoms with E-state index in [0.29, 0.717) is 60.5 Å². The molecular formula is C29H32N6O6. The fourth-order valence-electron chi connectivity index (χ4n) is 4.19. The lowest BCUT2D eigenvalue weighted by molar-refractivity contribution is 0.174. The maximum atomic E-state index is 5.49. The standard InChI is InChI=1S/C29H32N6O6/c1-36-21-8-5-18(11-24(21)38-3)14-30-27-33-28(31-15-19-6-9-22(37-2)25(12-19)39-4)35-29(34-27)32-16-20-7-10-23-26(13-20)41-17-40-23/h5-13H,14-17H2,1-4H3,(H3,30,31,32,33,34,35). The van der Waals surface area contributed by atoms with Crippen LogP contribution in [0.25, 0.3) is 0 Å². The van der Waals surface area contributed by atoms with Gasteiger partial charge in [0.25, 0.3) is 0 Å². The average molecular weight is 561 g/mol. The van der Waals surface area contributed by atoms with E-state index in [1.165, 1.54) is 0 Å². The Morgan fingerprint density at radius 3 is 1.41 bits per heavy atom. The second-order valence-electron chi connectivity index (χ2n) is 8.93. The van der Waals surface area contributed by atoms with Gasteiger partial charge < -0.3 is 44.4 Å². The maximum Gasteiger partial charge on any atom is 0.231 e. The number of benzene rings is 3. The second-order valence-corrected chi connectivity index (χ2v) is 8.93. The molecule has 0 spiro atoms. The van der Waals surface area contributed by atoms with Gasteiger partial charge in [-0.2, -0.15) is 15.0 Å². The molecule has 12 nitrogen and oxygen atoms in total. The molecule has 214 valence electrons. The minimum absolute atomic E-state index is 0.226. The molecule has 1 aliphatic rings. The summed E-state index contributed by atoms with van der Waals surface area (Å²) in [5.74, 6) is 5.27. The van der Waals surface area contributed by atoms with E-state index in [9.17, 15) is 0 Å². The first-order chi connectivity index (χ1) is 20.1. The smallest absolute Gasteiger partial charge is 0.231 e. The van der Waals surface area contributed by atoms with Gasteiger partial charge in [-0.05, 0) is 53.1 Å². The number of hydrogen-bond acceptors (Lipinski definition) is 12. The predicted molar refractivity (Wildman–Crippen MR) is 153 cm³/mol. The van der Waals surface area contributed by atoms with Crippen molar-refractivity contribution in [1.82, 2.24) is 15.0 Å². The average Bonchev–Trinajstić information content (AvgIpc) is 3.49. The number of ether oxygens (including phenoxy) is 6. The Balaban J connectivity index is 1.33. The first-order valence-electron chi connectivity index (χ1n) is 12.9. The van der Waals surface area contributed by atoms with Crippen LogP contribution in [0.3, 0.4) is 0 Å². The SMILES string of the molecule is COc1ccc(CNc2nc(NCc3ccc(OC)c(OC)c3)nc(NCc3ccc4c(c3)OCO4)n2)cc1OC. The molecule has 12 heteroatoms. The number of aromatic nitrogens is 3.